The van der Waals surface area contributed by atoms with E-state index in [-0.39, 0.29) is 18.3 Å². The third-order valence-electron chi connectivity index (χ3n) is 0.947. The second kappa shape index (κ2) is 4.27. The second-order valence-corrected chi connectivity index (χ2v) is 2.13. The van der Waals surface area contributed by atoms with Gasteiger partial charge in [0.1, 0.15) is 0 Å². The van der Waals surface area contributed by atoms with E-state index in [4.69, 9.17) is 5.11 Å². The summed E-state index contributed by atoms with van der Waals surface area (Å²) in [6.07, 6.45) is 3.17. The molecule has 0 aliphatic rings. The second-order valence-electron chi connectivity index (χ2n) is 2.13. The molecule has 0 aliphatic heterocycles. The molecular formula is C7H12O2. The number of aliphatic hydroxyl groups is 1. The predicted octanol–water partition coefficient (Wildman–Crippen LogP) is 0.760. The molecule has 52 valence electrons. The van der Waals surface area contributed by atoms with E-state index in [1.165, 1.54) is 13.0 Å². The van der Waals surface area contributed by atoms with E-state index in [1.807, 2.05) is 6.92 Å². The Labute approximate surface area is 55.2 Å². The molecule has 1 atom stereocenters. The van der Waals surface area contributed by atoms with Crippen LogP contribution in [-0.4, -0.2) is 17.5 Å². The van der Waals surface area contributed by atoms with Gasteiger partial charge in [0, 0.05) is 6.61 Å². The van der Waals surface area contributed by atoms with E-state index in [9.17, 15) is 4.79 Å². The normalized spacial score (nSPS) is 14.1. The maximum atomic E-state index is 10.3. The summed E-state index contributed by atoms with van der Waals surface area (Å²) in [7, 11) is 0. The van der Waals surface area contributed by atoms with E-state index in [1.54, 1.807) is 6.08 Å². The molecule has 0 fully saturated rings. The van der Waals surface area contributed by atoms with Gasteiger partial charge in [-0.15, -0.1) is 0 Å². The summed E-state index contributed by atoms with van der Waals surface area (Å²) in [5.41, 5.74) is 0. The van der Waals surface area contributed by atoms with Crippen molar-refractivity contribution in [2.24, 2.45) is 5.92 Å². The lowest BCUT2D eigenvalue weighted by atomic mass is 10.2. The summed E-state index contributed by atoms with van der Waals surface area (Å²) in [5.74, 6) is 0.115. The van der Waals surface area contributed by atoms with Crippen LogP contribution in [0.3, 0.4) is 0 Å². The average molecular weight is 128 g/mol. The summed E-state index contributed by atoms with van der Waals surface area (Å²) < 4.78 is 0. The fourth-order valence-electron chi connectivity index (χ4n) is 0.361. The molecule has 0 aromatic heterocycles. The quantitative estimate of drug-likeness (QED) is 0.570. The highest BCUT2D eigenvalue weighted by molar-refractivity contribution is 5.87. The molecule has 0 saturated carbocycles. The molecule has 0 aromatic carbocycles. The molecule has 0 unspecified atom stereocenters. The van der Waals surface area contributed by atoms with E-state index in [0.717, 1.165) is 0 Å². The lowest BCUT2D eigenvalue weighted by molar-refractivity contribution is -0.112. The van der Waals surface area contributed by atoms with E-state index in [0.29, 0.717) is 0 Å². The monoisotopic (exact) mass is 128 g/mol. The topological polar surface area (TPSA) is 37.3 Å². The standard InChI is InChI=1S/C7H12O2/c1-6(5-8)3-4-7(2)9/h3-4,6,8H,5H2,1-2H3/b4-3+/t6-/m1/s1. The largest absolute Gasteiger partial charge is 0.396 e. The lowest BCUT2D eigenvalue weighted by Gasteiger charge is -1.95. The Hall–Kier alpha value is -0.630. The Kier molecular flexibility index (Phi) is 3.97. The Bertz CT molecular complexity index is 116. The Morgan fingerprint density at radius 2 is 2.33 bits per heavy atom. The summed E-state index contributed by atoms with van der Waals surface area (Å²) in [5, 5.41) is 8.49. The molecule has 0 heterocycles. The zero-order valence-corrected chi connectivity index (χ0v) is 5.79. The van der Waals surface area contributed by atoms with Crippen molar-refractivity contribution in [2.75, 3.05) is 6.61 Å². The number of hydrogen-bond acceptors (Lipinski definition) is 2. The molecule has 0 amide bonds. The van der Waals surface area contributed by atoms with Gasteiger partial charge in [-0.3, -0.25) is 4.79 Å². The SMILES string of the molecule is CC(=O)/C=C/[C@@H](C)CO. The Morgan fingerprint density at radius 3 is 2.67 bits per heavy atom. The zero-order chi connectivity index (χ0) is 7.28. The first-order valence-electron chi connectivity index (χ1n) is 2.96. The van der Waals surface area contributed by atoms with Crippen molar-refractivity contribution in [2.45, 2.75) is 13.8 Å². The van der Waals surface area contributed by atoms with Crippen molar-refractivity contribution in [3.8, 4) is 0 Å². The fraction of sp³-hybridized carbons (Fsp3) is 0.571. The highest BCUT2D eigenvalue weighted by atomic mass is 16.3. The minimum absolute atomic E-state index is 0.0234. The molecule has 0 aliphatic carbocycles. The number of hydrogen-bond donors (Lipinski definition) is 1. The van der Waals surface area contributed by atoms with Gasteiger partial charge in [0.05, 0.1) is 0 Å². The van der Waals surface area contributed by atoms with Crippen LogP contribution in [0.2, 0.25) is 0 Å². The molecule has 9 heavy (non-hydrogen) atoms. The van der Waals surface area contributed by atoms with Crippen LogP contribution in [0.25, 0.3) is 0 Å². The number of rotatable bonds is 3. The highest BCUT2D eigenvalue weighted by Crippen LogP contribution is 1.93. The zero-order valence-electron chi connectivity index (χ0n) is 5.79. The van der Waals surface area contributed by atoms with Gasteiger partial charge in [-0.25, -0.2) is 0 Å². The predicted molar refractivity (Wildman–Crippen MR) is 36.1 cm³/mol. The molecule has 0 aromatic rings. The van der Waals surface area contributed by atoms with Crippen molar-refractivity contribution < 1.29 is 9.90 Å². The number of carbonyl (C=O) groups excluding carboxylic acids is 1. The Balaban J connectivity index is 3.56. The van der Waals surface area contributed by atoms with E-state index in [2.05, 4.69) is 0 Å². The molecule has 2 nitrogen and oxygen atoms in total. The molecule has 0 radical (unpaired) electrons. The van der Waals surface area contributed by atoms with Crippen LogP contribution in [0.15, 0.2) is 12.2 Å². The first kappa shape index (κ1) is 8.37. The van der Waals surface area contributed by atoms with Crippen molar-refractivity contribution in [3.05, 3.63) is 12.2 Å². The molecule has 0 rings (SSSR count). The van der Waals surface area contributed by atoms with Gasteiger partial charge in [-0.1, -0.05) is 13.0 Å². The lowest BCUT2D eigenvalue weighted by Crippen LogP contribution is -1.96. The molecular weight excluding hydrogens is 116 g/mol. The van der Waals surface area contributed by atoms with Crippen LogP contribution in [-0.2, 0) is 4.79 Å². The molecule has 0 saturated heterocycles. The summed E-state index contributed by atoms with van der Waals surface area (Å²) in [6.45, 7) is 3.43. The van der Waals surface area contributed by atoms with Crippen molar-refractivity contribution in [1.29, 1.82) is 0 Å². The minimum Gasteiger partial charge on any atom is -0.396 e. The molecule has 1 N–H and O–H groups in total. The van der Waals surface area contributed by atoms with Crippen molar-refractivity contribution in [1.82, 2.24) is 0 Å². The van der Waals surface area contributed by atoms with Crippen molar-refractivity contribution >= 4 is 5.78 Å². The van der Waals surface area contributed by atoms with Crippen LogP contribution >= 0.6 is 0 Å². The molecule has 2 heteroatoms. The van der Waals surface area contributed by atoms with Crippen LogP contribution in [0, 0.1) is 5.92 Å². The first-order valence-corrected chi connectivity index (χ1v) is 2.96. The van der Waals surface area contributed by atoms with Crippen LogP contribution in [0.1, 0.15) is 13.8 Å². The maximum Gasteiger partial charge on any atom is 0.152 e. The number of allylic oxidation sites excluding steroid dienone is 1. The summed E-state index contributed by atoms with van der Waals surface area (Å²) in [4.78, 5) is 10.3. The van der Waals surface area contributed by atoms with Crippen LogP contribution in [0.4, 0.5) is 0 Å². The van der Waals surface area contributed by atoms with Gasteiger partial charge in [0.25, 0.3) is 0 Å². The minimum atomic E-state index is 0.0234. The Morgan fingerprint density at radius 1 is 1.78 bits per heavy atom. The van der Waals surface area contributed by atoms with Gasteiger partial charge >= 0.3 is 0 Å². The third-order valence-corrected chi connectivity index (χ3v) is 0.947. The summed E-state index contributed by atoms with van der Waals surface area (Å²) >= 11 is 0. The smallest absolute Gasteiger partial charge is 0.152 e. The number of carbonyl (C=O) groups is 1. The van der Waals surface area contributed by atoms with Crippen LogP contribution in [0.5, 0.6) is 0 Å². The first-order chi connectivity index (χ1) is 4.16. The van der Waals surface area contributed by atoms with E-state index < -0.39 is 0 Å². The van der Waals surface area contributed by atoms with Crippen molar-refractivity contribution in [3.63, 3.8) is 0 Å². The molecule has 0 bridgehead atoms. The third kappa shape index (κ3) is 5.24. The van der Waals surface area contributed by atoms with Gasteiger partial charge in [0.15, 0.2) is 5.78 Å². The van der Waals surface area contributed by atoms with Gasteiger partial charge in [-0.2, -0.15) is 0 Å². The van der Waals surface area contributed by atoms with Gasteiger partial charge in [0.2, 0.25) is 0 Å². The fourth-order valence-corrected chi connectivity index (χ4v) is 0.361. The van der Waals surface area contributed by atoms with Gasteiger partial charge < -0.3 is 5.11 Å². The number of ketones is 1. The average Bonchev–Trinajstić information content (AvgIpc) is 1.83. The van der Waals surface area contributed by atoms with Crippen LogP contribution < -0.4 is 0 Å². The van der Waals surface area contributed by atoms with E-state index >= 15 is 0 Å². The molecule has 0 spiro atoms. The summed E-state index contributed by atoms with van der Waals surface area (Å²) in [6, 6.07) is 0. The highest BCUT2D eigenvalue weighted by Gasteiger charge is 1.91. The van der Waals surface area contributed by atoms with Gasteiger partial charge in [-0.05, 0) is 18.9 Å². The number of aliphatic hydroxyl groups excluding tert-OH is 1. The maximum absolute atomic E-state index is 10.3.